The molecule has 0 amide bonds. The lowest BCUT2D eigenvalue weighted by molar-refractivity contribution is 0.0687. The van der Waals surface area contributed by atoms with Gasteiger partial charge in [0.1, 0.15) is 11.3 Å². The van der Waals surface area contributed by atoms with Crippen LogP contribution in [-0.4, -0.2) is 24.8 Å². The van der Waals surface area contributed by atoms with Crippen molar-refractivity contribution in [2.45, 2.75) is 26.9 Å². The molecule has 0 aliphatic heterocycles. The Kier molecular flexibility index (Phi) is 3.05. The van der Waals surface area contributed by atoms with E-state index in [1.807, 2.05) is 0 Å². The fourth-order valence-electron chi connectivity index (χ4n) is 2.31. The van der Waals surface area contributed by atoms with Crippen LogP contribution in [0.25, 0.3) is 11.0 Å². The predicted molar refractivity (Wildman–Crippen MR) is 69.7 cm³/mol. The highest BCUT2D eigenvalue weighted by atomic mass is 16.4. The minimum absolute atomic E-state index is 0.0115. The standard InChI is InChI=1S/C12H15N3O4/c1-4-14-9-7(6-8(11(17)18)13(9)3)10(16)15(5-2)12(14)19/h6H,4-5H2,1-3H3,(H,17,18). The Balaban J connectivity index is 3.10. The van der Waals surface area contributed by atoms with Gasteiger partial charge in [0.05, 0.1) is 5.39 Å². The maximum atomic E-state index is 12.2. The summed E-state index contributed by atoms with van der Waals surface area (Å²) in [6.45, 7) is 4.10. The zero-order valence-electron chi connectivity index (χ0n) is 11.0. The number of aryl methyl sites for hydroxylation is 2. The van der Waals surface area contributed by atoms with Crippen molar-refractivity contribution < 1.29 is 9.90 Å². The average Bonchev–Trinajstić information content (AvgIpc) is 2.69. The summed E-state index contributed by atoms with van der Waals surface area (Å²) in [5.74, 6) is -1.13. The maximum Gasteiger partial charge on any atom is 0.352 e. The van der Waals surface area contributed by atoms with Gasteiger partial charge >= 0.3 is 11.7 Å². The molecule has 2 heterocycles. The van der Waals surface area contributed by atoms with Crippen molar-refractivity contribution in [1.82, 2.24) is 13.7 Å². The Morgan fingerprint density at radius 1 is 1.21 bits per heavy atom. The Morgan fingerprint density at radius 3 is 2.26 bits per heavy atom. The Bertz CT molecular complexity index is 779. The van der Waals surface area contributed by atoms with Crippen LogP contribution >= 0.6 is 0 Å². The van der Waals surface area contributed by atoms with Gasteiger partial charge in [-0.25, -0.2) is 9.59 Å². The van der Waals surface area contributed by atoms with Crippen LogP contribution in [0.2, 0.25) is 0 Å². The summed E-state index contributed by atoms with van der Waals surface area (Å²) in [4.78, 5) is 35.5. The maximum absolute atomic E-state index is 12.2. The molecule has 0 bridgehead atoms. The van der Waals surface area contributed by atoms with Crippen molar-refractivity contribution in [2.75, 3.05) is 0 Å². The molecule has 7 nitrogen and oxygen atoms in total. The Labute approximate surface area is 108 Å². The second-order valence-corrected chi connectivity index (χ2v) is 4.21. The van der Waals surface area contributed by atoms with Crippen molar-refractivity contribution in [2.24, 2.45) is 7.05 Å². The van der Waals surface area contributed by atoms with Gasteiger partial charge in [0.15, 0.2) is 0 Å². The van der Waals surface area contributed by atoms with E-state index in [-0.39, 0.29) is 17.6 Å². The molecule has 0 aliphatic rings. The molecule has 0 unspecified atom stereocenters. The van der Waals surface area contributed by atoms with Crippen LogP contribution in [0.15, 0.2) is 15.7 Å². The lowest BCUT2D eigenvalue weighted by Crippen LogP contribution is -2.39. The molecule has 19 heavy (non-hydrogen) atoms. The van der Waals surface area contributed by atoms with Gasteiger partial charge < -0.3 is 9.67 Å². The van der Waals surface area contributed by atoms with Crippen LogP contribution in [0.1, 0.15) is 24.3 Å². The van der Waals surface area contributed by atoms with E-state index in [4.69, 9.17) is 5.11 Å². The highest BCUT2D eigenvalue weighted by molar-refractivity contribution is 5.93. The first-order valence-electron chi connectivity index (χ1n) is 6.00. The van der Waals surface area contributed by atoms with Crippen molar-refractivity contribution in [1.29, 1.82) is 0 Å². The molecule has 2 aromatic heterocycles. The summed E-state index contributed by atoms with van der Waals surface area (Å²) in [5, 5.41) is 9.35. The first-order chi connectivity index (χ1) is 8.93. The molecule has 0 spiro atoms. The third-order valence-electron chi connectivity index (χ3n) is 3.25. The highest BCUT2D eigenvalue weighted by Gasteiger charge is 2.19. The number of fused-ring (bicyclic) bond motifs is 1. The molecule has 0 aromatic carbocycles. The Hall–Kier alpha value is -2.31. The predicted octanol–water partition coefficient (Wildman–Crippen LogP) is 0.240. The number of carboxylic acid groups (broad SMARTS) is 1. The smallest absolute Gasteiger partial charge is 0.352 e. The first kappa shape index (κ1) is 13.1. The average molecular weight is 265 g/mol. The van der Waals surface area contributed by atoms with Gasteiger partial charge in [0.25, 0.3) is 5.56 Å². The van der Waals surface area contributed by atoms with E-state index in [0.29, 0.717) is 12.2 Å². The summed E-state index contributed by atoms with van der Waals surface area (Å²) in [5.41, 5.74) is -0.530. The van der Waals surface area contributed by atoms with Crippen LogP contribution in [-0.2, 0) is 20.1 Å². The molecule has 0 aliphatic carbocycles. The summed E-state index contributed by atoms with van der Waals surface area (Å²) >= 11 is 0. The number of hydrogen-bond donors (Lipinski definition) is 1. The number of carbonyl (C=O) groups is 1. The van der Waals surface area contributed by atoms with Crippen molar-refractivity contribution in [3.8, 4) is 0 Å². The molecule has 0 saturated carbocycles. The fourth-order valence-corrected chi connectivity index (χ4v) is 2.31. The largest absolute Gasteiger partial charge is 0.477 e. The highest BCUT2D eigenvalue weighted by Crippen LogP contribution is 2.14. The topological polar surface area (TPSA) is 86.2 Å². The van der Waals surface area contributed by atoms with E-state index in [1.165, 1.54) is 22.2 Å². The number of carboxylic acids is 1. The molecule has 0 fully saturated rings. The van der Waals surface area contributed by atoms with Crippen LogP contribution < -0.4 is 11.2 Å². The monoisotopic (exact) mass is 265 g/mol. The fraction of sp³-hybridized carbons (Fsp3) is 0.417. The van der Waals surface area contributed by atoms with E-state index in [0.717, 1.165) is 4.57 Å². The number of rotatable bonds is 3. The Morgan fingerprint density at radius 2 is 1.79 bits per heavy atom. The molecular formula is C12H15N3O4. The van der Waals surface area contributed by atoms with Crippen LogP contribution in [0.5, 0.6) is 0 Å². The second kappa shape index (κ2) is 4.42. The number of aromatic carboxylic acids is 1. The van der Waals surface area contributed by atoms with Crippen LogP contribution in [0.4, 0.5) is 0 Å². The second-order valence-electron chi connectivity index (χ2n) is 4.21. The number of aromatic nitrogens is 3. The van der Waals surface area contributed by atoms with Gasteiger partial charge in [-0.05, 0) is 19.9 Å². The molecule has 1 N–H and O–H groups in total. The number of hydrogen-bond acceptors (Lipinski definition) is 3. The normalized spacial score (nSPS) is 11.1. The number of nitrogens with zero attached hydrogens (tertiary/aromatic N) is 3. The van der Waals surface area contributed by atoms with Crippen molar-refractivity contribution in [3.63, 3.8) is 0 Å². The minimum Gasteiger partial charge on any atom is -0.477 e. The molecule has 0 radical (unpaired) electrons. The molecule has 2 aromatic rings. The quantitative estimate of drug-likeness (QED) is 0.861. The molecule has 7 heteroatoms. The molecule has 0 saturated heterocycles. The zero-order valence-corrected chi connectivity index (χ0v) is 11.0. The van der Waals surface area contributed by atoms with Gasteiger partial charge in [0, 0.05) is 20.1 Å². The van der Waals surface area contributed by atoms with Gasteiger partial charge in [-0.3, -0.25) is 13.9 Å². The molecule has 0 atom stereocenters. The third kappa shape index (κ3) is 1.69. The van der Waals surface area contributed by atoms with Crippen molar-refractivity contribution in [3.05, 3.63) is 32.6 Å². The minimum atomic E-state index is -1.13. The van der Waals surface area contributed by atoms with Crippen LogP contribution in [0, 0.1) is 0 Å². The third-order valence-corrected chi connectivity index (χ3v) is 3.25. The molecule has 2 rings (SSSR count). The van der Waals surface area contributed by atoms with Gasteiger partial charge in [-0.1, -0.05) is 0 Å². The summed E-state index contributed by atoms with van der Waals surface area (Å²) in [6.07, 6.45) is 0. The molecule has 102 valence electrons. The zero-order chi connectivity index (χ0) is 14.3. The lowest BCUT2D eigenvalue weighted by Gasteiger charge is -2.10. The lowest BCUT2D eigenvalue weighted by atomic mass is 10.3. The SMILES string of the molecule is CCn1c(=O)c2cc(C(=O)O)n(C)c2n(CC)c1=O. The summed E-state index contributed by atoms with van der Waals surface area (Å²) in [7, 11) is 1.53. The van der Waals surface area contributed by atoms with E-state index in [9.17, 15) is 14.4 Å². The van der Waals surface area contributed by atoms with E-state index in [2.05, 4.69) is 0 Å². The summed E-state index contributed by atoms with van der Waals surface area (Å²) in [6, 6.07) is 1.32. The van der Waals surface area contributed by atoms with Gasteiger partial charge in [-0.2, -0.15) is 0 Å². The van der Waals surface area contributed by atoms with Crippen molar-refractivity contribution >= 4 is 17.0 Å². The summed E-state index contributed by atoms with van der Waals surface area (Å²) < 4.78 is 3.88. The van der Waals surface area contributed by atoms with E-state index >= 15 is 0 Å². The van der Waals surface area contributed by atoms with Gasteiger partial charge in [-0.15, -0.1) is 0 Å². The van der Waals surface area contributed by atoms with Gasteiger partial charge in [0.2, 0.25) is 0 Å². The van der Waals surface area contributed by atoms with E-state index < -0.39 is 17.2 Å². The van der Waals surface area contributed by atoms with Crippen LogP contribution in [0.3, 0.4) is 0 Å². The van der Waals surface area contributed by atoms with E-state index in [1.54, 1.807) is 13.8 Å². The molecular weight excluding hydrogens is 250 g/mol. The first-order valence-corrected chi connectivity index (χ1v) is 6.00.